The minimum Gasteiger partial charge on any atom is -0.462 e. The van der Waals surface area contributed by atoms with Gasteiger partial charge in [0.15, 0.2) is 6.10 Å². The number of esters is 2. The van der Waals surface area contributed by atoms with Crippen LogP contribution in [0.3, 0.4) is 0 Å². The van der Waals surface area contributed by atoms with Crippen molar-refractivity contribution in [2.45, 2.75) is 232 Å². The van der Waals surface area contributed by atoms with Gasteiger partial charge in [0.25, 0.3) is 0 Å². The van der Waals surface area contributed by atoms with Gasteiger partial charge in [-0.15, -0.1) is 0 Å². The molecule has 0 radical (unpaired) electrons. The van der Waals surface area contributed by atoms with E-state index < -0.39 is 6.10 Å². The average molecular weight is 835 g/mol. The molecule has 5 heteroatoms. The highest BCUT2D eigenvalue weighted by Gasteiger charge is 2.17. The summed E-state index contributed by atoms with van der Waals surface area (Å²) in [4.78, 5) is 25.3. The Labute approximate surface area is 371 Å². The van der Waals surface area contributed by atoms with Crippen LogP contribution in [0.15, 0.2) is 85.1 Å². The second-order valence-electron chi connectivity index (χ2n) is 16.3. The van der Waals surface area contributed by atoms with Crippen molar-refractivity contribution in [1.82, 2.24) is 0 Å². The van der Waals surface area contributed by atoms with E-state index in [1.807, 2.05) is 6.08 Å². The maximum absolute atomic E-state index is 12.7. The van der Waals surface area contributed by atoms with Gasteiger partial charge < -0.3 is 14.2 Å². The molecule has 0 aromatic heterocycles. The molecule has 0 amide bonds. The highest BCUT2D eigenvalue weighted by atomic mass is 16.6. The molecule has 1 unspecified atom stereocenters. The fourth-order valence-electron chi connectivity index (χ4n) is 6.77. The van der Waals surface area contributed by atoms with Crippen molar-refractivity contribution in [3.8, 4) is 0 Å². The third-order valence-corrected chi connectivity index (χ3v) is 10.4. The van der Waals surface area contributed by atoms with Crippen molar-refractivity contribution in [1.29, 1.82) is 0 Å². The molecule has 0 aliphatic heterocycles. The van der Waals surface area contributed by atoms with Crippen LogP contribution in [-0.4, -0.2) is 37.9 Å². The summed E-state index contributed by atoms with van der Waals surface area (Å²) in [6, 6.07) is 0. The van der Waals surface area contributed by atoms with Crippen molar-refractivity contribution in [2.75, 3.05) is 19.8 Å². The molecule has 344 valence electrons. The van der Waals surface area contributed by atoms with Gasteiger partial charge in [0.1, 0.15) is 6.61 Å². The molecule has 60 heavy (non-hydrogen) atoms. The van der Waals surface area contributed by atoms with E-state index in [2.05, 4.69) is 99.8 Å². The lowest BCUT2D eigenvalue weighted by atomic mass is 10.0. The van der Waals surface area contributed by atoms with Gasteiger partial charge in [0.2, 0.25) is 0 Å². The number of unbranched alkanes of at least 4 members (excludes halogenated alkanes) is 20. The summed E-state index contributed by atoms with van der Waals surface area (Å²) in [7, 11) is 0. The average Bonchev–Trinajstić information content (AvgIpc) is 3.25. The van der Waals surface area contributed by atoms with E-state index in [1.54, 1.807) is 0 Å². The molecule has 0 aromatic carbocycles. The van der Waals surface area contributed by atoms with Crippen LogP contribution in [0.1, 0.15) is 226 Å². The molecular formula is C55H94O5. The largest absolute Gasteiger partial charge is 0.462 e. The molecule has 0 fully saturated rings. The van der Waals surface area contributed by atoms with Gasteiger partial charge in [0, 0.05) is 19.4 Å². The first-order valence-corrected chi connectivity index (χ1v) is 25.1. The zero-order valence-electron chi connectivity index (χ0n) is 39.5. The number of hydrogen-bond acceptors (Lipinski definition) is 5. The molecule has 0 heterocycles. The first kappa shape index (κ1) is 57.1. The van der Waals surface area contributed by atoms with Crippen LogP contribution in [0.4, 0.5) is 0 Å². The van der Waals surface area contributed by atoms with Gasteiger partial charge in [-0.05, 0) is 77.0 Å². The lowest BCUT2D eigenvalue weighted by molar-refractivity contribution is -0.162. The molecule has 0 rings (SSSR count). The Morgan fingerprint density at radius 3 is 1.27 bits per heavy atom. The van der Waals surface area contributed by atoms with Gasteiger partial charge in [-0.25, -0.2) is 0 Å². The molecule has 5 nitrogen and oxygen atoms in total. The number of ether oxygens (including phenoxy) is 3. The summed E-state index contributed by atoms with van der Waals surface area (Å²) >= 11 is 0. The predicted octanol–water partition coefficient (Wildman–Crippen LogP) is 16.9. The summed E-state index contributed by atoms with van der Waals surface area (Å²) < 4.78 is 17.3. The third kappa shape index (κ3) is 47.8. The van der Waals surface area contributed by atoms with Gasteiger partial charge in [-0.2, -0.15) is 0 Å². The summed E-state index contributed by atoms with van der Waals surface area (Å²) in [5, 5.41) is 0. The Bertz CT molecular complexity index is 1130. The van der Waals surface area contributed by atoms with E-state index in [4.69, 9.17) is 14.2 Å². The van der Waals surface area contributed by atoms with Crippen molar-refractivity contribution in [3.05, 3.63) is 85.1 Å². The number of hydrogen-bond donors (Lipinski definition) is 0. The van der Waals surface area contributed by atoms with Crippen LogP contribution < -0.4 is 0 Å². The highest BCUT2D eigenvalue weighted by Crippen LogP contribution is 2.15. The number of carbonyl (C=O) groups is 2. The molecule has 0 aliphatic rings. The maximum Gasteiger partial charge on any atom is 0.306 e. The molecule has 0 bridgehead atoms. The summed E-state index contributed by atoms with van der Waals surface area (Å²) in [6.45, 7) is 7.48. The minimum atomic E-state index is -0.587. The topological polar surface area (TPSA) is 61.8 Å². The van der Waals surface area contributed by atoms with E-state index in [0.29, 0.717) is 25.9 Å². The molecule has 0 saturated heterocycles. The molecular weight excluding hydrogens is 741 g/mol. The fourth-order valence-corrected chi connectivity index (χ4v) is 6.77. The SMILES string of the molecule is CC/C=C\C/C=C\C/C=C\C/C=C\CCC(=O)OC(COCCCCCC/C=C\C/C=C\C/C=C\CC)COC(=O)CCCCCCCCCCCCCCCCCCC. The first-order chi connectivity index (χ1) is 29.6. The predicted molar refractivity (Wildman–Crippen MR) is 260 cm³/mol. The van der Waals surface area contributed by atoms with Gasteiger partial charge in [-0.1, -0.05) is 221 Å². The highest BCUT2D eigenvalue weighted by molar-refractivity contribution is 5.70. The Morgan fingerprint density at radius 2 is 0.783 bits per heavy atom. The van der Waals surface area contributed by atoms with Crippen LogP contribution in [0, 0.1) is 0 Å². The minimum absolute atomic E-state index is 0.0461. The first-order valence-electron chi connectivity index (χ1n) is 25.1. The van der Waals surface area contributed by atoms with E-state index >= 15 is 0 Å². The van der Waals surface area contributed by atoms with E-state index in [0.717, 1.165) is 83.5 Å². The van der Waals surface area contributed by atoms with Crippen molar-refractivity contribution < 1.29 is 23.8 Å². The third-order valence-electron chi connectivity index (χ3n) is 10.4. The van der Waals surface area contributed by atoms with Crippen LogP contribution in [0.2, 0.25) is 0 Å². The van der Waals surface area contributed by atoms with E-state index in [1.165, 1.54) is 103 Å². The van der Waals surface area contributed by atoms with Crippen LogP contribution in [-0.2, 0) is 23.8 Å². The quantitative estimate of drug-likeness (QED) is 0.0347. The zero-order chi connectivity index (χ0) is 43.5. The summed E-state index contributed by atoms with van der Waals surface area (Å²) in [5.74, 6) is -0.502. The van der Waals surface area contributed by atoms with E-state index in [9.17, 15) is 9.59 Å². The fraction of sp³-hybridized carbons (Fsp3) is 0.709. The summed E-state index contributed by atoms with van der Waals surface area (Å²) in [5.41, 5.74) is 0. The lowest BCUT2D eigenvalue weighted by Gasteiger charge is -2.18. The van der Waals surface area contributed by atoms with Crippen molar-refractivity contribution in [2.24, 2.45) is 0 Å². The number of rotatable bonds is 45. The maximum atomic E-state index is 12.7. The van der Waals surface area contributed by atoms with E-state index in [-0.39, 0.29) is 25.2 Å². The summed E-state index contributed by atoms with van der Waals surface area (Å²) in [6.07, 6.45) is 66.1. The van der Waals surface area contributed by atoms with Crippen molar-refractivity contribution >= 4 is 11.9 Å². The molecule has 1 atom stereocenters. The monoisotopic (exact) mass is 835 g/mol. The smallest absolute Gasteiger partial charge is 0.306 e. The Hall–Kier alpha value is -2.92. The standard InChI is InChI=1S/C55H94O5/c1-4-7-10-13-16-19-22-25-27-28-29-31-33-36-39-42-45-48-54(56)59-52-53(51-58-50-47-44-41-38-35-32-26-23-20-17-14-11-8-5-2)60-55(57)49-46-43-40-37-34-30-24-21-18-15-12-9-6-3/h8-9,11-12,17-18,20-21,26,30,32,34,40,43,53H,4-7,10,13-16,19,22-25,27-29,31,33,35-39,41-42,44-52H2,1-3H3/b11-8-,12-9-,20-17-,21-18-,32-26-,34-30-,43-40-. The molecule has 0 saturated carbocycles. The Kier molecular flexibility index (Phi) is 48.0. The normalized spacial score (nSPS) is 12.9. The van der Waals surface area contributed by atoms with Gasteiger partial charge >= 0.3 is 11.9 Å². The van der Waals surface area contributed by atoms with Crippen LogP contribution in [0.5, 0.6) is 0 Å². The lowest BCUT2D eigenvalue weighted by Crippen LogP contribution is -2.30. The van der Waals surface area contributed by atoms with Gasteiger partial charge in [-0.3, -0.25) is 9.59 Å². The molecule has 0 spiro atoms. The second-order valence-corrected chi connectivity index (χ2v) is 16.3. The molecule has 0 aliphatic carbocycles. The molecule has 0 N–H and O–H groups in total. The number of allylic oxidation sites excluding steroid dienone is 14. The van der Waals surface area contributed by atoms with Gasteiger partial charge in [0.05, 0.1) is 6.61 Å². The molecule has 0 aromatic rings. The second kappa shape index (κ2) is 50.4. The zero-order valence-corrected chi connectivity index (χ0v) is 39.5. The van der Waals surface area contributed by atoms with Crippen LogP contribution >= 0.6 is 0 Å². The Morgan fingerprint density at radius 1 is 0.383 bits per heavy atom. The Balaban J connectivity index is 4.35. The number of carbonyl (C=O) groups excluding carboxylic acids is 2. The van der Waals surface area contributed by atoms with Crippen molar-refractivity contribution in [3.63, 3.8) is 0 Å². The van der Waals surface area contributed by atoms with Crippen LogP contribution in [0.25, 0.3) is 0 Å².